The van der Waals surface area contributed by atoms with E-state index in [0.717, 1.165) is 11.3 Å². The highest BCUT2D eigenvalue weighted by Gasteiger charge is 2.30. The van der Waals surface area contributed by atoms with E-state index in [1.807, 2.05) is 6.92 Å². The SMILES string of the molecule is C=CC(c1c(Cl)cc(Cl)cc1Cl)S(=O)(=O)Nc1nc(OC(=O)CCC)cs1. The van der Waals surface area contributed by atoms with Gasteiger partial charge in [-0.1, -0.05) is 47.8 Å². The van der Waals surface area contributed by atoms with E-state index in [4.69, 9.17) is 39.5 Å². The van der Waals surface area contributed by atoms with Crippen molar-refractivity contribution in [3.05, 3.63) is 50.8 Å². The van der Waals surface area contributed by atoms with Crippen molar-refractivity contribution in [1.82, 2.24) is 4.98 Å². The van der Waals surface area contributed by atoms with Crippen molar-refractivity contribution < 1.29 is 17.9 Å². The molecule has 0 aliphatic rings. The molecule has 0 fully saturated rings. The first-order valence-corrected chi connectivity index (χ1v) is 11.2. The number of hydrogen-bond donors (Lipinski definition) is 1. The molecule has 2 rings (SSSR count). The van der Waals surface area contributed by atoms with Crippen molar-refractivity contribution in [1.29, 1.82) is 0 Å². The average molecular weight is 470 g/mol. The van der Waals surface area contributed by atoms with Crippen molar-refractivity contribution in [3.8, 4) is 5.88 Å². The second-order valence-electron chi connectivity index (χ2n) is 5.30. The van der Waals surface area contributed by atoms with Crippen LogP contribution in [-0.2, 0) is 14.8 Å². The summed E-state index contributed by atoms with van der Waals surface area (Å²) in [7, 11) is -4.03. The highest BCUT2D eigenvalue weighted by molar-refractivity contribution is 7.93. The number of esters is 1. The zero-order valence-corrected chi connectivity index (χ0v) is 17.9. The molecule has 0 aliphatic carbocycles. The Morgan fingerprint density at radius 3 is 2.56 bits per heavy atom. The summed E-state index contributed by atoms with van der Waals surface area (Å²) in [5, 5.41) is 0.677. The van der Waals surface area contributed by atoms with Crippen molar-refractivity contribution >= 4 is 67.3 Å². The van der Waals surface area contributed by atoms with Gasteiger partial charge in [-0.05, 0) is 18.6 Å². The van der Waals surface area contributed by atoms with E-state index in [1.165, 1.54) is 23.6 Å². The van der Waals surface area contributed by atoms with Crippen LogP contribution in [0.3, 0.4) is 0 Å². The first-order chi connectivity index (χ1) is 12.7. The smallest absolute Gasteiger partial charge is 0.312 e. The molecule has 146 valence electrons. The lowest BCUT2D eigenvalue weighted by Gasteiger charge is -2.17. The molecular formula is C16H15Cl3N2O4S2. The number of nitrogens with zero attached hydrogens (tertiary/aromatic N) is 1. The molecule has 0 bridgehead atoms. The summed E-state index contributed by atoms with van der Waals surface area (Å²) in [4.78, 5) is 15.5. The van der Waals surface area contributed by atoms with E-state index in [1.54, 1.807) is 0 Å². The number of ether oxygens (including phenoxy) is 1. The molecule has 1 N–H and O–H groups in total. The Morgan fingerprint density at radius 2 is 2.00 bits per heavy atom. The maximum absolute atomic E-state index is 12.8. The Labute approximate surface area is 176 Å². The summed E-state index contributed by atoms with van der Waals surface area (Å²) in [6, 6.07) is 2.79. The van der Waals surface area contributed by atoms with Gasteiger partial charge in [0.2, 0.25) is 15.9 Å². The zero-order chi connectivity index (χ0) is 20.2. The maximum Gasteiger partial charge on any atom is 0.312 e. The summed E-state index contributed by atoms with van der Waals surface area (Å²) in [6.07, 6.45) is 2.07. The number of nitrogens with one attached hydrogen (secondary N) is 1. The third-order valence-corrected chi connectivity index (χ3v) is 6.55. The predicted octanol–water partition coefficient (Wildman–Crippen LogP) is 5.48. The molecule has 0 aliphatic heterocycles. The molecule has 0 spiro atoms. The van der Waals surface area contributed by atoms with E-state index in [9.17, 15) is 13.2 Å². The lowest BCUT2D eigenvalue weighted by atomic mass is 10.1. The Kier molecular flexibility index (Phi) is 7.53. The fourth-order valence-electron chi connectivity index (χ4n) is 2.13. The molecule has 1 unspecified atom stereocenters. The third-order valence-electron chi connectivity index (χ3n) is 3.26. The number of hydrogen-bond acceptors (Lipinski definition) is 6. The second-order valence-corrected chi connectivity index (χ2v) is 9.21. The summed E-state index contributed by atoms with van der Waals surface area (Å²) in [5.74, 6) is -0.422. The van der Waals surface area contributed by atoms with Crippen LogP contribution in [-0.4, -0.2) is 19.4 Å². The molecule has 0 saturated heterocycles. The van der Waals surface area contributed by atoms with Crippen LogP contribution in [0.5, 0.6) is 5.88 Å². The highest BCUT2D eigenvalue weighted by atomic mass is 35.5. The van der Waals surface area contributed by atoms with Gasteiger partial charge in [0.05, 0.1) is 5.38 Å². The van der Waals surface area contributed by atoms with Gasteiger partial charge in [0.15, 0.2) is 5.13 Å². The lowest BCUT2D eigenvalue weighted by molar-refractivity contribution is -0.134. The van der Waals surface area contributed by atoms with Crippen molar-refractivity contribution in [3.63, 3.8) is 0 Å². The Balaban J connectivity index is 2.26. The van der Waals surface area contributed by atoms with Gasteiger partial charge in [0.1, 0.15) is 5.25 Å². The number of carbonyl (C=O) groups excluding carboxylic acids is 1. The number of sulfonamides is 1. The number of carbonyl (C=O) groups is 1. The maximum atomic E-state index is 12.8. The number of halogens is 3. The van der Waals surface area contributed by atoms with Gasteiger partial charge in [0.25, 0.3) is 0 Å². The van der Waals surface area contributed by atoms with Gasteiger partial charge < -0.3 is 4.74 Å². The first kappa shape index (κ1) is 22.0. The Hall–Kier alpha value is -1.32. The molecule has 1 atom stereocenters. The molecule has 0 amide bonds. The topological polar surface area (TPSA) is 85.4 Å². The van der Waals surface area contributed by atoms with Crippen molar-refractivity contribution in [2.75, 3.05) is 4.72 Å². The number of thiazole rings is 1. The first-order valence-electron chi connectivity index (χ1n) is 7.62. The summed E-state index contributed by atoms with van der Waals surface area (Å²) in [5.41, 5.74) is 0.149. The normalized spacial score (nSPS) is 12.4. The molecule has 11 heteroatoms. The largest absolute Gasteiger partial charge is 0.406 e. The van der Waals surface area contributed by atoms with E-state index in [-0.39, 0.29) is 38.1 Å². The molecule has 27 heavy (non-hydrogen) atoms. The van der Waals surface area contributed by atoms with Crippen LogP contribution in [0.2, 0.25) is 15.1 Å². The van der Waals surface area contributed by atoms with Gasteiger partial charge in [-0.15, -0.1) is 17.9 Å². The standard InChI is InChI=1S/C16H15Cl3N2O4S2/c1-3-5-14(22)25-13-8-26-16(20-13)21-27(23,24)12(4-2)15-10(18)6-9(17)7-11(15)19/h4,6-8,12H,2-3,5H2,1H3,(H,20,21). The Morgan fingerprint density at radius 1 is 1.37 bits per heavy atom. The molecule has 0 radical (unpaired) electrons. The van der Waals surface area contributed by atoms with Crippen LogP contribution in [0.1, 0.15) is 30.6 Å². The van der Waals surface area contributed by atoms with Crippen LogP contribution in [0.25, 0.3) is 0 Å². The zero-order valence-electron chi connectivity index (χ0n) is 14.0. The minimum Gasteiger partial charge on any atom is -0.406 e. The van der Waals surface area contributed by atoms with Crippen LogP contribution >= 0.6 is 46.1 Å². The van der Waals surface area contributed by atoms with Gasteiger partial charge in [0, 0.05) is 27.1 Å². The average Bonchev–Trinajstić information content (AvgIpc) is 2.96. The molecule has 6 nitrogen and oxygen atoms in total. The minimum absolute atomic E-state index is 0.0221. The van der Waals surface area contributed by atoms with Crippen LogP contribution in [0, 0.1) is 0 Å². The van der Waals surface area contributed by atoms with Crippen molar-refractivity contribution in [2.24, 2.45) is 0 Å². The summed E-state index contributed by atoms with van der Waals surface area (Å²) < 4.78 is 32.9. The molecule has 1 heterocycles. The molecule has 1 aromatic heterocycles. The number of anilines is 1. The third kappa shape index (κ3) is 5.58. The van der Waals surface area contributed by atoms with Crippen LogP contribution in [0.4, 0.5) is 5.13 Å². The monoisotopic (exact) mass is 468 g/mol. The quantitative estimate of drug-likeness (QED) is 0.409. The predicted molar refractivity (Wildman–Crippen MR) is 110 cm³/mol. The van der Waals surface area contributed by atoms with Gasteiger partial charge in [-0.3, -0.25) is 9.52 Å². The summed E-state index contributed by atoms with van der Waals surface area (Å²) in [6.45, 7) is 5.40. The summed E-state index contributed by atoms with van der Waals surface area (Å²) >= 11 is 19.1. The molecular weight excluding hydrogens is 455 g/mol. The minimum atomic E-state index is -4.03. The van der Waals surface area contributed by atoms with E-state index in [2.05, 4.69) is 16.3 Å². The highest BCUT2D eigenvalue weighted by Crippen LogP contribution is 2.38. The molecule has 2 aromatic rings. The lowest BCUT2D eigenvalue weighted by Crippen LogP contribution is -2.20. The van der Waals surface area contributed by atoms with E-state index in [0.29, 0.717) is 6.42 Å². The van der Waals surface area contributed by atoms with E-state index >= 15 is 0 Å². The van der Waals surface area contributed by atoms with Gasteiger partial charge in [-0.25, -0.2) is 8.42 Å². The van der Waals surface area contributed by atoms with E-state index < -0.39 is 21.2 Å². The van der Waals surface area contributed by atoms with Gasteiger partial charge >= 0.3 is 5.97 Å². The number of aromatic nitrogens is 1. The fourth-order valence-corrected chi connectivity index (χ4v) is 5.55. The fraction of sp³-hybridized carbons (Fsp3) is 0.250. The van der Waals surface area contributed by atoms with Crippen LogP contribution < -0.4 is 9.46 Å². The Bertz CT molecular complexity index is 937. The molecule has 1 aromatic carbocycles. The van der Waals surface area contributed by atoms with Crippen molar-refractivity contribution in [2.45, 2.75) is 25.0 Å². The number of benzene rings is 1. The van der Waals surface area contributed by atoms with Gasteiger partial charge in [-0.2, -0.15) is 4.98 Å². The second kappa shape index (κ2) is 9.25. The van der Waals surface area contributed by atoms with Crippen LogP contribution in [0.15, 0.2) is 30.2 Å². The molecule has 0 saturated carbocycles. The number of rotatable bonds is 8.